The highest BCUT2D eigenvalue weighted by Gasteiger charge is 2.19. The van der Waals surface area contributed by atoms with Crippen molar-refractivity contribution in [3.8, 4) is 0 Å². The number of aliphatic hydroxyl groups excluding tert-OH is 1. The summed E-state index contributed by atoms with van der Waals surface area (Å²) in [7, 11) is 0. The van der Waals surface area contributed by atoms with Gasteiger partial charge in [-0.1, -0.05) is 28.1 Å². The van der Waals surface area contributed by atoms with Crippen LogP contribution in [0.5, 0.6) is 0 Å². The first-order chi connectivity index (χ1) is 8.63. The van der Waals surface area contributed by atoms with Crippen molar-refractivity contribution >= 4 is 15.9 Å². The van der Waals surface area contributed by atoms with Gasteiger partial charge in [0.1, 0.15) is 11.9 Å². The lowest BCUT2D eigenvalue weighted by molar-refractivity contribution is 0.206. The molecule has 1 atom stereocenters. The second kappa shape index (κ2) is 5.58. The third-order valence-electron chi connectivity index (χ3n) is 2.62. The van der Waals surface area contributed by atoms with E-state index in [1.807, 2.05) is 6.92 Å². The highest BCUT2D eigenvalue weighted by molar-refractivity contribution is 9.10. The van der Waals surface area contributed by atoms with Gasteiger partial charge in [0.05, 0.1) is 11.9 Å². The van der Waals surface area contributed by atoms with E-state index in [1.165, 1.54) is 18.3 Å². The molecule has 1 N–H and O–H groups in total. The van der Waals surface area contributed by atoms with Crippen molar-refractivity contribution in [1.29, 1.82) is 0 Å². The summed E-state index contributed by atoms with van der Waals surface area (Å²) in [6.07, 6.45) is 1.43. The molecule has 0 saturated carbocycles. The van der Waals surface area contributed by atoms with Crippen LogP contribution in [0.15, 0.2) is 28.9 Å². The van der Waals surface area contributed by atoms with E-state index in [4.69, 9.17) is 0 Å². The topological polar surface area (TPSA) is 50.9 Å². The molecule has 18 heavy (non-hydrogen) atoms. The predicted molar refractivity (Wildman–Crippen MR) is 68.5 cm³/mol. The van der Waals surface area contributed by atoms with Crippen LogP contribution in [0.25, 0.3) is 0 Å². The van der Waals surface area contributed by atoms with E-state index in [1.54, 1.807) is 10.7 Å². The molecule has 0 amide bonds. The van der Waals surface area contributed by atoms with Gasteiger partial charge < -0.3 is 5.11 Å². The third kappa shape index (κ3) is 2.59. The number of aryl methyl sites for hydroxylation is 1. The van der Waals surface area contributed by atoms with Crippen LogP contribution in [0.3, 0.4) is 0 Å². The molecule has 0 bridgehead atoms. The number of hydrogen-bond acceptors (Lipinski definition) is 3. The minimum Gasteiger partial charge on any atom is -0.382 e. The quantitative estimate of drug-likeness (QED) is 0.944. The zero-order chi connectivity index (χ0) is 13.1. The zero-order valence-electron chi connectivity index (χ0n) is 9.85. The van der Waals surface area contributed by atoms with Gasteiger partial charge in [-0.05, 0) is 24.6 Å². The maximum atomic E-state index is 13.2. The number of nitrogens with zero attached hydrogens (tertiary/aromatic N) is 3. The third-order valence-corrected chi connectivity index (χ3v) is 3.34. The summed E-state index contributed by atoms with van der Waals surface area (Å²) < 4.78 is 15.5. The number of benzene rings is 1. The SMILES string of the molecule is CCCn1nncc1C(O)c1cc(F)ccc1Br. The van der Waals surface area contributed by atoms with E-state index in [0.717, 1.165) is 6.42 Å². The largest absolute Gasteiger partial charge is 0.382 e. The Hall–Kier alpha value is -1.27. The summed E-state index contributed by atoms with van der Waals surface area (Å²) in [6, 6.07) is 4.21. The minimum absolute atomic E-state index is 0.387. The van der Waals surface area contributed by atoms with E-state index in [9.17, 15) is 9.50 Å². The molecule has 1 aromatic carbocycles. The molecular formula is C12H13BrFN3O. The van der Waals surface area contributed by atoms with Gasteiger partial charge in [0.25, 0.3) is 0 Å². The number of rotatable bonds is 4. The van der Waals surface area contributed by atoms with E-state index >= 15 is 0 Å². The van der Waals surface area contributed by atoms with Crippen molar-refractivity contribution in [1.82, 2.24) is 15.0 Å². The molecule has 0 spiro atoms. The molecule has 0 aliphatic rings. The van der Waals surface area contributed by atoms with Gasteiger partial charge in [-0.15, -0.1) is 5.10 Å². The summed E-state index contributed by atoms with van der Waals surface area (Å²) in [4.78, 5) is 0. The Morgan fingerprint density at radius 1 is 1.50 bits per heavy atom. The Balaban J connectivity index is 2.38. The van der Waals surface area contributed by atoms with Crippen LogP contribution in [-0.4, -0.2) is 20.1 Å². The molecule has 2 rings (SSSR count). The first-order valence-corrected chi connectivity index (χ1v) is 6.44. The molecule has 0 aliphatic carbocycles. The Kier molecular flexibility index (Phi) is 4.08. The fourth-order valence-corrected chi connectivity index (χ4v) is 2.21. The molecule has 0 radical (unpaired) electrons. The molecule has 0 saturated heterocycles. The maximum Gasteiger partial charge on any atom is 0.123 e. The molecular weight excluding hydrogens is 301 g/mol. The van der Waals surface area contributed by atoms with Gasteiger partial charge in [-0.25, -0.2) is 9.07 Å². The van der Waals surface area contributed by atoms with Gasteiger partial charge >= 0.3 is 0 Å². The second-order valence-corrected chi connectivity index (χ2v) is 4.80. The average molecular weight is 314 g/mol. The molecule has 1 aromatic heterocycles. The van der Waals surface area contributed by atoms with Crippen molar-refractivity contribution in [3.05, 3.63) is 45.9 Å². The zero-order valence-corrected chi connectivity index (χ0v) is 11.4. The van der Waals surface area contributed by atoms with Crippen molar-refractivity contribution in [2.75, 3.05) is 0 Å². The molecule has 6 heteroatoms. The van der Waals surface area contributed by atoms with Crippen LogP contribution in [-0.2, 0) is 6.54 Å². The molecule has 0 fully saturated rings. The first kappa shape index (κ1) is 13.2. The summed E-state index contributed by atoms with van der Waals surface area (Å²) in [5, 5.41) is 18.0. The van der Waals surface area contributed by atoms with Crippen molar-refractivity contribution in [2.24, 2.45) is 0 Å². The summed E-state index contributed by atoms with van der Waals surface area (Å²) in [6.45, 7) is 2.68. The second-order valence-electron chi connectivity index (χ2n) is 3.95. The van der Waals surface area contributed by atoms with Crippen LogP contribution >= 0.6 is 15.9 Å². The fraction of sp³-hybridized carbons (Fsp3) is 0.333. The predicted octanol–water partition coefficient (Wildman–Crippen LogP) is 2.67. The van der Waals surface area contributed by atoms with Crippen LogP contribution in [0, 0.1) is 5.82 Å². The molecule has 0 aliphatic heterocycles. The van der Waals surface area contributed by atoms with Crippen LogP contribution in [0.4, 0.5) is 4.39 Å². The first-order valence-electron chi connectivity index (χ1n) is 5.65. The van der Waals surface area contributed by atoms with Gasteiger partial charge in [0.2, 0.25) is 0 Å². The van der Waals surface area contributed by atoms with Crippen LogP contribution < -0.4 is 0 Å². The van der Waals surface area contributed by atoms with Crippen molar-refractivity contribution in [2.45, 2.75) is 26.0 Å². The van der Waals surface area contributed by atoms with E-state index < -0.39 is 6.10 Å². The van der Waals surface area contributed by atoms with E-state index in [-0.39, 0.29) is 5.82 Å². The Labute approximate surface area is 113 Å². The maximum absolute atomic E-state index is 13.2. The lowest BCUT2D eigenvalue weighted by Gasteiger charge is -2.14. The fourth-order valence-electron chi connectivity index (χ4n) is 1.75. The highest BCUT2D eigenvalue weighted by Crippen LogP contribution is 2.28. The smallest absolute Gasteiger partial charge is 0.123 e. The van der Waals surface area contributed by atoms with Crippen LogP contribution in [0.2, 0.25) is 0 Å². The number of hydrogen-bond donors (Lipinski definition) is 1. The van der Waals surface area contributed by atoms with Crippen molar-refractivity contribution < 1.29 is 9.50 Å². The van der Waals surface area contributed by atoms with Gasteiger partial charge in [0, 0.05) is 16.6 Å². The monoisotopic (exact) mass is 313 g/mol. The van der Waals surface area contributed by atoms with Gasteiger partial charge in [-0.3, -0.25) is 0 Å². The Morgan fingerprint density at radius 2 is 2.28 bits per heavy atom. The average Bonchev–Trinajstić information content (AvgIpc) is 2.80. The Morgan fingerprint density at radius 3 is 3.00 bits per heavy atom. The minimum atomic E-state index is -0.948. The van der Waals surface area contributed by atoms with Crippen molar-refractivity contribution in [3.63, 3.8) is 0 Å². The van der Waals surface area contributed by atoms with E-state index in [0.29, 0.717) is 22.3 Å². The molecule has 4 nitrogen and oxygen atoms in total. The number of aliphatic hydroxyl groups is 1. The number of aromatic nitrogens is 3. The van der Waals surface area contributed by atoms with E-state index in [2.05, 4.69) is 26.2 Å². The summed E-state index contributed by atoms with van der Waals surface area (Å²) in [5.41, 5.74) is 1.03. The molecule has 1 unspecified atom stereocenters. The van der Waals surface area contributed by atoms with Gasteiger partial charge in [-0.2, -0.15) is 0 Å². The summed E-state index contributed by atoms with van der Waals surface area (Å²) >= 11 is 3.30. The molecule has 96 valence electrons. The molecule has 1 heterocycles. The van der Waals surface area contributed by atoms with Crippen LogP contribution in [0.1, 0.15) is 30.7 Å². The lowest BCUT2D eigenvalue weighted by atomic mass is 10.1. The Bertz CT molecular complexity index is 544. The molecule has 2 aromatic rings. The lowest BCUT2D eigenvalue weighted by Crippen LogP contribution is -2.10. The normalized spacial score (nSPS) is 12.7. The summed E-state index contributed by atoms with van der Waals surface area (Å²) in [5.74, 6) is -0.387. The standard InChI is InChI=1S/C12H13BrFN3O/c1-2-5-17-11(7-15-16-17)12(18)9-6-8(14)3-4-10(9)13/h3-4,6-7,12,18H,2,5H2,1H3. The highest BCUT2D eigenvalue weighted by atomic mass is 79.9. The van der Waals surface area contributed by atoms with Gasteiger partial charge in [0.15, 0.2) is 0 Å². The number of halogens is 2.